The Hall–Kier alpha value is -2.04. The van der Waals surface area contributed by atoms with Crippen LogP contribution in [0.2, 0.25) is 0 Å². The molecule has 1 unspecified atom stereocenters. The standard InChI is InChI=1S/C31H40F4O/c1-2-3-4-5-6-7-22-8-9-25-19-26(11-10-24(25)18-22)27-14-17-29(30(32)20-27)23-12-15-28(16-13-23)36-21-31(33,34)35/h12-17,20,22,24-26H,2-11,18-19,21H2,1H3/t22?,24-,25-,26-/m1/s1. The molecule has 0 bridgehead atoms. The van der Waals surface area contributed by atoms with E-state index in [1.165, 1.54) is 76.3 Å². The summed E-state index contributed by atoms with van der Waals surface area (Å²) >= 11 is 0. The summed E-state index contributed by atoms with van der Waals surface area (Å²) in [6, 6.07) is 11.7. The molecule has 2 aromatic rings. The van der Waals surface area contributed by atoms with Crippen molar-refractivity contribution >= 4 is 0 Å². The third-order valence-corrected chi connectivity index (χ3v) is 8.47. The minimum Gasteiger partial charge on any atom is -0.484 e. The summed E-state index contributed by atoms with van der Waals surface area (Å²) in [5, 5.41) is 0. The highest BCUT2D eigenvalue weighted by molar-refractivity contribution is 5.65. The van der Waals surface area contributed by atoms with Gasteiger partial charge in [-0.3, -0.25) is 0 Å². The van der Waals surface area contributed by atoms with Gasteiger partial charge >= 0.3 is 6.18 Å². The van der Waals surface area contributed by atoms with E-state index in [0.29, 0.717) is 17.0 Å². The molecule has 198 valence electrons. The highest BCUT2D eigenvalue weighted by Gasteiger charge is 2.36. The lowest BCUT2D eigenvalue weighted by atomic mass is 9.63. The summed E-state index contributed by atoms with van der Waals surface area (Å²) in [5.74, 6) is 2.79. The van der Waals surface area contributed by atoms with Gasteiger partial charge in [0.1, 0.15) is 11.6 Å². The third kappa shape index (κ3) is 7.49. The van der Waals surface area contributed by atoms with E-state index in [4.69, 9.17) is 4.74 Å². The molecule has 4 atom stereocenters. The maximum Gasteiger partial charge on any atom is 0.422 e. The summed E-state index contributed by atoms with van der Waals surface area (Å²) in [5.41, 5.74) is 2.18. The molecule has 0 amide bonds. The van der Waals surface area contributed by atoms with Crippen LogP contribution < -0.4 is 4.74 Å². The largest absolute Gasteiger partial charge is 0.484 e. The van der Waals surface area contributed by atoms with Crippen molar-refractivity contribution in [2.45, 2.75) is 96.1 Å². The molecule has 2 saturated carbocycles. The summed E-state index contributed by atoms with van der Waals surface area (Å²) in [7, 11) is 0. The lowest BCUT2D eigenvalue weighted by Crippen LogP contribution is -2.30. The van der Waals surface area contributed by atoms with Crippen LogP contribution in [0.5, 0.6) is 5.75 Å². The molecule has 36 heavy (non-hydrogen) atoms. The molecule has 0 spiro atoms. The molecule has 5 heteroatoms. The summed E-state index contributed by atoms with van der Waals surface area (Å²) in [6.07, 6.45) is 11.5. The Kier molecular flexibility index (Phi) is 9.35. The number of halogens is 4. The van der Waals surface area contributed by atoms with E-state index in [1.807, 2.05) is 12.1 Å². The van der Waals surface area contributed by atoms with Crippen molar-refractivity contribution in [1.29, 1.82) is 0 Å². The van der Waals surface area contributed by atoms with Crippen LogP contribution in [0.3, 0.4) is 0 Å². The zero-order valence-electron chi connectivity index (χ0n) is 21.5. The molecule has 2 aliphatic carbocycles. The number of rotatable bonds is 10. The van der Waals surface area contributed by atoms with Gasteiger partial charge in [0.15, 0.2) is 6.61 Å². The molecule has 0 aliphatic heterocycles. The molecule has 0 saturated heterocycles. The molecule has 0 N–H and O–H groups in total. The van der Waals surface area contributed by atoms with Gasteiger partial charge in [0.25, 0.3) is 0 Å². The normalized spacial score (nSPS) is 24.4. The molecule has 4 rings (SSSR count). The summed E-state index contributed by atoms with van der Waals surface area (Å²) < 4.78 is 56.9. The van der Waals surface area contributed by atoms with Gasteiger partial charge in [-0.25, -0.2) is 4.39 Å². The SMILES string of the molecule is CCCCCCCC1CC[C@@H]2C[C@H](c3ccc(-c4ccc(OCC(F)(F)F)cc4)c(F)c3)CC[C@@H]2C1. The predicted octanol–water partition coefficient (Wildman–Crippen LogP) is 10.1. The third-order valence-electron chi connectivity index (χ3n) is 8.47. The number of fused-ring (bicyclic) bond motifs is 1. The van der Waals surface area contributed by atoms with Crippen LogP contribution in [0.15, 0.2) is 42.5 Å². The first-order chi connectivity index (χ1) is 17.3. The van der Waals surface area contributed by atoms with Crippen LogP contribution in [-0.2, 0) is 0 Å². The number of hydrogen-bond acceptors (Lipinski definition) is 1. The smallest absolute Gasteiger partial charge is 0.422 e. The summed E-state index contributed by atoms with van der Waals surface area (Å²) in [6.45, 7) is 0.931. The van der Waals surface area contributed by atoms with Gasteiger partial charge in [-0.2, -0.15) is 13.2 Å². The number of hydrogen-bond donors (Lipinski definition) is 0. The van der Waals surface area contributed by atoms with Gasteiger partial charge in [-0.1, -0.05) is 76.1 Å². The Labute approximate surface area is 213 Å². The van der Waals surface area contributed by atoms with Crippen molar-refractivity contribution < 1.29 is 22.3 Å². The van der Waals surface area contributed by atoms with E-state index in [9.17, 15) is 13.2 Å². The zero-order valence-corrected chi connectivity index (χ0v) is 21.5. The topological polar surface area (TPSA) is 9.23 Å². The molecule has 1 nitrogen and oxygen atoms in total. The first-order valence-corrected chi connectivity index (χ1v) is 13.9. The minimum absolute atomic E-state index is 0.121. The van der Waals surface area contributed by atoms with Gasteiger partial charge in [-0.15, -0.1) is 0 Å². The average Bonchev–Trinajstić information content (AvgIpc) is 2.87. The molecule has 2 aliphatic rings. The molecular formula is C31H40F4O. The first-order valence-electron chi connectivity index (χ1n) is 13.9. The van der Waals surface area contributed by atoms with E-state index >= 15 is 4.39 Å². The molecular weight excluding hydrogens is 464 g/mol. The lowest BCUT2D eigenvalue weighted by Gasteiger charge is -2.42. The fourth-order valence-electron chi connectivity index (χ4n) is 6.50. The molecule has 2 fully saturated rings. The monoisotopic (exact) mass is 504 g/mol. The van der Waals surface area contributed by atoms with Gasteiger partial charge in [0, 0.05) is 5.56 Å². The maximum absolute atomic E-state index is 15.1. The first kappa shape index (κ1) is 27.0. The molecule has 0 radical (unpaired) electrons. The van der Waals surface area contributed by atoms with Gasteiger partial charge in [0.2, 0.25) is 0 Å². The van der Waals surface area contributed by atoms with Crippen LogP contribution in [-0.4, -0.2) is 12.8 Å². The van der Waals surface area contributed by atoms with E-state index in [0.717, 1.165) is 36.2 Å². The quantitative estimate of drug-likeness (QED) is 0.231. The second kappa shape index (κ2) is 12.5. The van der Waals surface area contributed by atoms with Crippen molar-refractivity contribution in [3.8, 4) is 16.9 Å². The molecule has 2 aromatic carbocycles. The molecule has 0 aromatic heterocycles. The van der Waals surface area contributed by atoms with Crippen LogP contribution in [0, 0.1) is 23.6 Å². The second-order valence-electron chi connectivity index (χ2n) is 11.1. The highest BCUT2D eigenvalue weighted by atomic mass is 19.4. The van der Waals surface area contributed by atoms with Gasteiger partial charge in [-0.05, 0) is 85.1 Å². The van der Waals surface area contributed by atoms with E-state index in [-0.39, 0.29) is 11.6 Å². The zero-order chi connectivity index (χ0) is 25.5. The van der Waals surface area contributed by atoms with Crippen molar-refractivity contribution in [2.24, 2.45) is 17.8 Å². The Balaban J connectivity index is 1.30. The van der Waals surface area contributed by atoms with Gasteiger partial charge in [0.05, 0.1) is 0 Å². The Morgan fingerprint density at radius 3 is 2.28 bits per heavy atom. The van der Waals surface area contributed by atoms with Crippen LogP contribution >= 0.6 is 0 Å². The Morgan fingerprint density at radius 1 is 0.833 bits per heavy atom. The van der Waals surface area contributed by atoms with Crippen LogP contribution in [0.4, 0.5) is 17.6 Å². The Bertz CT molecular complexity index is 952. The second-order valence-corrected chi connectivity index (χ2v) is 11.1. The number of alkyl halides is 3. The van der Waals surface area contributed by atoms with Gasteiger partial charge < -0.3 is 4.74 Å². The van der Waals surface area contributed by atoms with Crippen molar-refractivity contribution in [3.63, 3.8) is 0 Å². The van der Waals surface area contributed by atoms with Crippen molar-refractivity contribution in [3.05, 3.63) is 53.8 Å². The lowest BCUT2D eigenvalue weighted by molar-refractivity contribution is -0.153. The van der Waals surface area contributed by atoms with E-state index in [1.54, 1.807) is 18.2 Å². The highest BCUT2D eigenvalue weighted by Crippen LogP contribution is 2.48. The average molecular weight is 505 g/mol. The minimum atomic E-state index is -4.38. The summed E-state index contributed by atoms with van der Waals surface area (Å²) in [4.78, 5) is 0. The fourth-order valence-corrected chi connectivity index (χ4v) is 6.50. The predicted molar refractivity (Wildman–Crippen MR) is 138 cm³/mol. The maximum atomic E-state index is 15.1. The van der Waals surface area contributed by atoms with E-state index < -0.39 is 12.8 Å². The number of benzene rings is 2. The number of unbranched alkanes of at least 4 members (excludes halogenated alkanes) is 4. The molecule has 0 heterocycles. The number of ether oxygens (including phenoxy) is 1. The van der Waals surface area contributed by atoms with Crippen molar-refractivity contribution in [1.82, 2.24) is 0 Å². The van der Waals surface area contributed by atoms with E-state index in [2.05, 4.69) is 6.92 Å². The van der Waals surface area contributed by atoms with Crippen LogP contribution in [0.1, 0.15) is 95.5 Å². The fraction of sp³-hybridized carbons (Fsp3) is 0.613. The Morgan fingerprint density at radius 2 is 1.56 bits per heavy atom. The van der Waals surface area contributed by atoms with Crippen LogP contribution in [0.25, 0.3) is 11.1 Å². The van der Waals surface area contributed by atoms with Crippen molar-refractivity contribution in [2.75, 3.05) is 6.61 Å².